The molecule has 0 atom stereocenters. The van der Waals surface area contributed by atoms with Gasteiger partial charge in [-0.3, -0.25) is 0 Å². The Balaban J connectivity index is 2.34. The first-order chi connectivity index (χ1) is 6.27. The number of aliphatic carboxylic acids is 1. The van der Waals surface area contributed by atoms with Crippen LogP contribution in [-0.2, 0) is 9.53 Å². The topological polar surface area (TPSA) is 58.6 Å². The van der Waals surface area contributed by atoms with Crippen molar-refractivity contribution >= 4 is 5.97 Å². The molecule has 13 heavy (non-hydrogen) atoms. The fraction of sp³-hybridized carbons (Fsp3) is 0. The molecule has 0 aromatic carbocycles. The zero-order valence-electron chi connectivity index (χ0n) is 6.65. The first-order valence-corrected chi connectivity index (χ1v) is 3.73. The molecule has 2 aliphatic heterocycles. The van der Waals surface area contributed by atoms with Gasteiger partial charge in [-0.05, 0) is 12.2 Å². The van der Waals surface area contributed by atoms with Gasteiger partial charge in [-0.1, -0.05) is 6.08 Å². The molecule has 0 saturated heterocycles. The smallest absolute Gasteiger partial charge is 0.371 e. The van der Waals surface area contributed by atoms with Crippen molar-refractivity contribution in [2.45, 2.75) is 0 Å². The maximum atomic E-state index is 10.5. The van der Waals surface area contributed by atoms with E-state index in [1.807, 2.05) is 6.08 Å². The second-order valence-electron chi connectivity index (χ2n) is 2.59. The van der Waals surface area contributed by atoms with Crippen molar-refractivity contribution in [1.29, 1.82) is 0 Å². The van der Waals surface area contributed by atoms with E-state index >= 15 is 0 Å². The zero-order valence-corrected chi connectivity index (χ0v) is 6.65. The number of carboxylic acids is 1. The summed E-state index contributed by atoms with van der Waals surface area (Å²) in [6.45, 7) is 0. The first kappa shape index (κ1) is 7.67. The van der Waals surface area contributed by atoms with Gasteiger partial charge < -0.3 is 15.2 Å². The van der Waals surface area contributed by atoms with E-state index < -0.39 is 5.97 Å². The van der Waals surface area contributed by atoms with Crippen LogP contribution in [0.1, 0.15) is 0 Å². The predicted molar refractivity (Wildman–Crippen MR) is 45.2 cm³/mol. The van der Waals surface area contributed by atoms with Crippen molar-refractivity contribution in [1.82, 2.24) is 5.32 Å². The normalized spacial score (nSPS) is 18.6. The van der Waals surface area contributed by atoms with Gasteiger partial charge in [0.15, 0.2) is 0 Å². The van der Waals surface area contributed by atoms with Gasteiger partial charge in [-0.2, -0.15) is 0 Å². The summed E-state index contributed by atoms with van der Waals surface area (Å²) in [6, 6.07) is 0. The largest absolute Gasteiger partial charge is 0.475 e. The predicted octanol–water partition coefficient (Wildman–Crippen LogP) is 0.870. The Kier molecular flexibility index (Phi) is 1.66. The molecule has 4 heteroatoms. The molecule has 0 radical (unpaired) electrons. The average molecular weight is 177 g/mol. The van der Waals surface area contributed by atoms with E-state index in [1.54, 1.807) is 12.3 Å². The van der Waals surface area contributed by atoms with E-state index in [0.29, 0.717) is 0 Å². The van der Waals surface area contributed by atoms with Crippen LogP contribution >= 0.6 is 0 Å². The Hall–Kier alpha value is -1.97. The molecule has 2 heterocycles. The lowest BCUT2D eigenvalue weighted by Crippen LogP contribution is -2.15. The number of fused-ring (bicyclic) bond motifs is 1. The van der Waals surface area contributed by atoms with Crippen LogP contribution in [0, 0.1) is 0 Å². The molecule has 0 aliphatic carbocycles. The molecule has 0 amide bonds. The van der Waals surface area contributed by atoms with Gasteiger partial charge in [0, 0.05) is 11.8 Å². The summed E-state index contributed by atoms with van der Waals surface area (Å²) in [5, 5.41) is 11.6. The molecule has 0 unspecified atom stereocenters. The highest BCUT2D eigenvalue weighted by atomic mass is 16.5. The molecule has 0 spiro atoms. The van der Waals surface area contributed by atoms with E-state index in [4.69, 9.17) is 9.84 Å². The van der Waals surface area contributed by atoms with Crippen LogP contribution in [0.25, 0.3) is 0 Å². The van der Waals surface area contributed by atoms with Crippen molar-refractivity contribution in [2.24, 2.45) is 0 Å². The fourth-order valence-corrected chi connectivity index (χ4v) is 1.10. The van der Waals surface area contributed by atoms with E-state index in [9.17, 15) is 4.79 Å². The molecule has 2 N–H and O–H groups in total. The molecule has 0 saturated carbocycles. The number of rotatable bonds is 1. The van der Waals surface area contributed by atoms with Crippen molar-refractivity contribution in [3.8, 4) is 0 Å². The van der Waals surface area contributed by atoms with E-state index in [-0.39, 0.29) is 5.76 Å². The van der Waals surface area contributed by atoms with Crippen LogP contribution in [0.4, 0.5) is 0 Å². The first-order valence-electron chi connectivity index (χ1n) is 3.73. The third-order valence-electron chi connectivity index (χ3n) is 1.72. The van der Waals surface area contributed by atoms with Gasteiger partial charge in [0.25, 0.3) is 0 Å². The number of dihydropyridines is 1. The molecule has 66 valence electrons. The third-order valence-corrected chi connectivity index (χ3v) is 1.72. The third kappa shape index (κ3) is 1.33. The molecule has 0 bridgehead atoms. The summed E-state index contributed by atoms with van der Waals surface area (Å²) in [7, 11) is 0. The minimum atomic E-state index is -1.06. The van der Waals surface area contributed by atoms with Gasteiger partial charge in [-0.15, -0.1) is 0 Å². The lowest BCUT2D eigenvalue weighted by Gasteiger charge is -2.16. The summed E-state index contributed by atoms with van der Waals surface area (Å²) in [5.74, 6) is -1.13. The number of hydrogen-bond acceptors (Lipinski definition) is 3. The number of nitrogens with one attached hydrogen (secondary N) is 1. The molecule has 0 fully saturated rings. The summed E-state index contributed by atoms with van der Waals surface area (Å²) >= 11 is 0. The van der Waals surface area contributed by atoms with Gasteiger partial charge >= 0.3 is 5.97 Å². The summed E-state index contributed by atoms with van der Waals surface area (Å²) in [6.07, 6.45) is 8.23. The van der Waals surface area contributed by atoms with Crippen molar-refractivity contribution < 1.29 is 14.6 Å². The maximum absolute atomic E-state index is 10.5. The van der Waals surface area contributed by atoms with Gasteiger partial charge in [0.1, 0.15) is 6.26 Å². The molecule has 2 rings (SSSR count). The van der Waals surface area contributed by atoms with Crippen LogP contribution in [-0.4, -0.2) is 11.1 Å². The average Bonchev–Trinajstić information content (AvgIpc) is 2.17. The summed E-state index contributed by atoms with van der Waals surface area (Å²) in [4.78, 5) is 10.5. The molecular formula is C9H7NO3. The molecule has 4 nitrogen and oxygen atoms in total. The number of ether oxygens (including phenoxy) is 1. The Morgan fingerprint density at radius 3 is 3.15 bits per heavy atom. The number of carbonyl (C=O) groups is 1. The minimum absolute atomic E-state index is 0.0629. The van der Waals surface area contributed by atoms with Crippen LogP contribution in [0.2, 0.25) is 0 Å². The standard InChI is InChI=1S/C9H7NO3/c11-9(12)8-4-6-2-1-3-10-7(6)5-13-8/h1-5,10H,(H,11,12). The van der Waals surface area contributed by atoms with Crippen molar-refractivity contribution in [3.05, 3.63) is 47.7 Å². The van der Waals surface area contributed by atoms with Crippen molar-refractivity contribution in [2.75, 3.05) is 0 Å². The van der Waals surface area contributed by atoms with Crippen LogP contribution in [0.5, 0.6) is 0 Å². The Morgan fingerprint density at radius 1 is 1.54 bits per heavy atom. The highest BCUT2D eigenvalue weighted by molar-refractivity contribution is 5.86. The summed E-state index contributed by atoms with van der Waals surface area (Å²) in [5.41, 5.74) is 1.58. The lowest BCUT2D eigenvalue weighted by molar-refractivity contribution is -0.135. The fourth-order valence-electron chi connectivity index (χ4n) is 1.10. The molecule has 2 aliphatic rings. The quantitative estimate of drug-likeness (QED) is 0.624. The zero-order chi connectivity index (χ0) is 9.26. The van der Waals surface area contributed by atoms with Crippen LogP contribution in [0.3, 0.4) is 0 Å². The minimum Gasteiger partial charge on any atom is -0.475 e. The second kappa shape index (κ2) is 2.82. The van der Waals surface area contributed by atoms with Crippen LogP contribution in [0.15, 0.2) is 47.7 Å². The number of hydrogen-bond donors (Lipinski definition) is 2. The van der Waals surface area contributed by atoms with Gasteiger partial charge in [0.05, 0.1) is 5.70 Å². The van der Waals surface area contributed by atoms with E-state index in [2.05, 4.69) is 5.32 Å². The van der Waals surface area contributed by atoms with E-state index in [1.165, 1.54) is 12.3 Å². The van der Waals surface area contributed by atoms with Gasteiger partial charge in [-0.25, -0.2) is 4.79 Å². The lowest BCUT2D eigenvalue weighted by atomic mass is 10.1. The van der Waals surface area contributed by atoms with E-state index in [0.717, 1.165) is 11.3 Å². The maximum Gasteiger partial charge on any atom is 0.371 e. The van der Waals surface area contributed by atoms with Crippen molar-refractivity contribution in [3.63, 3.8) is 0 Å². The van der Waals surface area contributed by atoms with Gasteiger partial charge in [0.2, 0.25) is 5.76 Å². The number of carboxylic acid groups (broad SMARTS) is 1. The molecular weight excluding hydrogens is 170 g/mol. The molecule has 0 aromatic heterocycles. The highest BCUT2D eigenvalue weighted by Crippen LogP contribution is 2.20. The molecule has 0 aromatic rings. The number of allylic oxidation sites excluding steroid dienone is 3. The Bertz CT molecular complexity index is 374. The highest BCUT2D eigenvalue weighted by Gasteiger charge is 2.16. The Morgan fingerprint density at radius 2 is 2.38 bits per heavy atom. The SMILES string of the molecule is O=C(O)C1=CC2=CC=CNC2=CO1. The van der Waals surface area contributed by atoms with Crippen LogP contribution < -0.4 is 5.32 Å². The second-order valence-corrected chi connectivity index (χ2v) is 2.59. The summed E-state index contributed by atoms with van der Waals surface area (Å²) < 4.78 is 4.87. The Labute approximate surface area is 74.5 Å². The monoisotopic (exact) mass is 177 g/mol.